The predicted molar refractivity (Wildman–Crippen MR) is 117 cm³/mol. The molecule has 1 N–H and O–H groups in total. The Balaban J connectivity index is 1.26. The molecule has 3 aromatic carbocycles. The zero-order chi connectivity index (χ0) is 19.0. The second-order valence-corrected chi connectivity index (χ2v) is 7.73. The van der Waals surface area contributed by atoms with Gasteiger partial charge >= 0.3 is 0 Å². The monoisotopic (exact) mass is 371 g/mol. The molecule has 144 valence electrons. The average molecular weight is 372 g/mol. The Morgan fingerprint density at radius 1 is 0.714 bits per heavy atom. The molecule has 0 saturated heterocycles. The highest BCUT2D eigenvalue weighted by Crippen LogP contribution is 2.32. The first-order chi connectivity index (χ1) is 13.9. The molecule has 0 atom stereocenters. The molecule has 2 heteroatoms. The van der Waals surface area contributed by atoms with Crippen molar-refractivity contribution in [2.24, 2.45) is 0 Å². The van der Waals surface area contributed by atoms with E-state index in [4.69, 9.17) is 4.74 Å². The predicted octanol–water partition coefficient (Wildman–Crippen LogP) is 6.93. The zero-order valence-corrected chi connectivity index (χ0v) is 16.4. The van der Waals surface area contributed by atoms with E-state index in [9.17, 15) is 0 Å². The molecule has 4 rings (SSSR count). The molecule has 0 aliphatic heterocycles. The van der Waals surface area contributed by atoms with E-state index in [-0.39, 0.29) is 0 Å². The SMILES string of the molecule is c1ccc(COc2ccc(NCc3ccc(C4CCCCC4)cc3)cc2)cc1. The first-order valence-electron chi connectivity index (χ1n) is 10.5. The zero-order valence-electron chi connectivity index (χ0n) is 16.4. The molecule has 0 radical (unpaired) electrons. The number of anilines is 1. The fourth-order valence-electron chi connectivity index (χ4n) is 3.96. The fourth-order valence-corrected chi connectivity index (χ4v) is 3.96. The van der Waals surface area contributed by atoms with Crippen molar-refractivity contribution in [3.63, 3.8) is 0 Å². The summed E-state index contributed by atoms with van der Waals surface area (Å²) in [4.78, 5) is 0. The number of nitrogens with one attached hydrogen (secondary N) is 1. The third kappa shape index (κ3) is 5.16. The minimum absolute atomic E-state index is 0.598. The molecule has 28 heavy (non-hydrogen) atoms. The molecule has 0 heterocycles. The van der Waals surface area contributed by atoms with Crippen molar-refractivity contribution in [1.29, 1.82) is 0 Å². The Bertz CT molecular complexity index is 834. The second kappa shape index (κ2) is 9.45. The maximum atomic E-state index is 5.85. The van der Waals surface area contributed by atoms with Gasteiger partial charge in [-0.15, -0.1) is 0 Å². The van der Waals surface area contributed by atoms with Crippen LogP contribution in [0.4, 0.5) is 5.69 Å². The lowest BCUT2D eigenvalue weighted by Gasteiger charge is -2.22. The molecular formula is C26H29NO. The summed E-state index contributed by atoms with van der Waals surface area (Å²) in [5.41, 5.74) is 5.14. The summed E-state index contributed by atoms with van der Waals surface area (Å²) < 4.78 is 5.85. The lowest BCUT2D eigenvalue weighted by atomic mass is 9.84. The standard InChI is InChI=1S/C26H29NO/c1-3-7-22(8-4-1)20-28-26-17-15-25(16-18-26)27-19-21-11-13-24(14-12-21)23-9-5-2-6-10-23/h1,3-4,7-8,11-18,23,27H,2,5-6,9-10,19-20H2. The molecule has 1 saturated carbocycles. The fraction of sp³-hybridized carbons (Fsp3) is 0.308. The van der Waals surface area contributed by atoms with Crippen LogP contribution in [0.25, 0.3) is 0 Å². The number of hydrogen-bond acceptors (Lipinski definition) is 2. The van der Waals surface area contributed by atoms with Crippen LogP contribution in [0.2, 0.25) is 0 Å². The van der Waals surface area contributed by atoms with Gasteiger partial charge in [0.2, 0.25) is 0 Å². The molecule has 1 fully saturated rings. The van der Waals surface area contributed by atoms with Gasteiger partial charge in [-0.3, -0.25) is 0 Å². The van der Waals surface area contributed by atoms with E-state index in [2.05, 4.69) is 53.8 Å². The van der Waals surface area contributed by atoms with Crippen molar-refractivity contribution in [1.82, 2.24) is 0 Å². The van der Waals surface area contributed by atoms with Gasteiger partial charge in [0.25, 0.3) is 0 Å². The molecular weight excluding hydrogens is 342 g/mol. The van der Waals surface area contributed by atoms with Gasteiger partial charge in [-0.2, -0.15) is 0 Å². The molecule has 0 aromatic heterocycles. The third-order valence-electron chi connectivity index (χ3n) is 5.66. The molecule has 1 aliphatic carbocycles. The van der Waals surface area contributed by atoms with Crippen LogP contribution in [0.1, 0.15) is 54.7 Å². The van der Waals surface area contributed by atoms with Gasteiger partial charge in [-0.05, 0) is 59.7 Å². The summed E-state index contributed by atoms with van der Waals surface area (Å²) in [6.45, 7) is 1.44. The van der Waals surface area contributed by atoms with Gasteiger partial charge in [-0.1, -0.05) is 73.9 Å². The van der Waals surface area contributed by atoms with E-state index in [1.54, 1.807) is 0 Å². The van der Waals surface area contributed by atoms with Crippen molar-refractivity contribution in [2.45, 2.75) is 51.2 Å². The quantitative estimate of drug-likeness (QED) is 0.486. The van der Waals surface area contributed by atoms with Crippen LogP contribution >= 0.6 is 0 Å². The van der Waals surface area contributed by atoms with Gasteiger partial charge in [-0.25, -0.2) is 0 Å². The molecule has 0 unspecified atom stereocenters. The minimum Gasteiger partial charge on any atom is -0.489 e. The molecule has 0 spiro atoms. The molecule has 0 bridgehead atoms. The van der Waals surface area contributed by atoms with Gasteiger partial charge < -0.3 is 10.1 Å². The van der Waals surface area contributed by atoms with Crippen LogP contribution in [0.15, 0.2) is 78.9 Å². The number of benzene rings is 3. The number of rotatable bonds is 7. The molecule has 1 aliphatic rings. The molecule has 0 amide bonds. The smallest absolute Gasteiger partial charge is 0.119 e. The van der Waals surface area contributed by atoms with E-state index < -0.39 is 0 Å². The van der Waals surface area contributed by atoms with Gasteiger partial charge in [0, 0.05) is 12.2 Å². The lowest BCUT2D eigenvalue weighted by Crippen LogP contribution is -2.05. The number of hydrogen-bond donors (Lipinski definition) is 1. The number of ether oxygens (including phenoxy) is 1. The van der Waals surface area contributed by atoms with Crippen LogP contribution in [-0.2, 0) is 13.2 Å². The van der Waals surface area contributed by atoms with Crippen LogP contribution in [-0.4, -0.2) is 0 Å². The van der Waals surface area contributed by atoms with E-state index in [1.807, 2.05) is 30.3 Å². The topological polar surface area (TPSA) is 21.3 Å². The minimum atomic E-state index is 0.598. The van der Waals surface area contributed by atoms with Crippen molar-refractivity contribution >= 4 is 5.69 Å². The van der Waals surface area contributed by atoms with Gasteiger partial charge in [0.1, 0.15) is 12.4 Å². The summed E-state index contributed by atoms with van der Waals surface area (Å²) in [5.74, 6) is 1.67. The van der Waals surface area contributed by atoms with Crippen molar-refractivity contribution in [3.8, 4) is 5.75 Å². The Morgan fingerprint density at radius 3 is 2.14 bits per heavy atom. The third-order valence-corrected chi connectivity index (χ3v) is 5.66. The highest BCUT2D eigenvalue weighted by Gasteiger charge is 2.14. The van der Waals surface area contributed by atoms with E-state index in [1.165, 1.54) is 48.8 Å². The highest BCUT2D eigenvalue weighted by molar-refractivity contribution is 5.47. The van der Waals surface area contributed by atoms with Crippen LogP contribution in [0.5, 0.6) is 5.75 Å². The Hall–Kier alpha value is -2.74. The van der Waals surface area contributed by atoms with Gasteiger partial charge in [0.15, 0.2) is 0 Å². The normalized spacial score (nSPS) is 14.6. The summed E-state index contributed by atoms with van der Waals surface area (Å²) in [6, 6.07) is 27.7. The summed E-state index contributed by atoms with van der Waals surface area (Å²) in [5, 5.41) is 3.51. The van der Waals surface area contributed by atoms with Crippen LogP contribution in [0.3, 0.4) is 0 Å². The average Bonchev–Trinajstić information content (AvgIpc) is 2.79. The summed E-state index contributed by atoms with van der Waals surface area (Å²) in [7, 11) is 0. The summed E-state index contributed by atoms with van der Waals surface area (Å²) in [6.07, 6.45) is 6.90. The van der Waals surface area contributed by atoms with Crippen molar-refractivity contribution in [2.75, 3.05) is 5.32 Å². The van der Waals surface area contributed by atoms with Crippen molar-refractivity contribution in [3.05, 3.63) is 95.6 Å². The lowest BCUT2D eigenvalue weighted by molar-refractivity contribution is 0.306. The Kier molecular flexibility index (Phi) is 6.29. The van der Waals surface area contributed by atoms with Crippen LogP contribution in [0, 0.1) is 0 Å². The van der Waals surface area contributed by atoms with E-state index in [0.29, 0.717) is 6.61 Å². The van der Waals surface area contributed by atoms with Crippen LogP contribution < -0.4 is 10.1 Å². The largest absolute Gasteiger partial charge is 0.489 e. The maximum absolute atomic E-state index is 5.85. The van der Waals surface area contributed by atoms with E-state index in [0.717, 1.165) is 23.9 Å². The Labute approximate surface area is 168 Å². The molecule has 2 nitrogen and oxygen atoms in total. The highest BCUT2D eigenvalue weighted by atomic mass is 16.5. The second-order valence-electron chi connectivity index (χ2n) is 7.73. The molecule has 3 aromatic rings. The first-order valence-corrected chi connectivity index (χ1v) is 10.5. The first kappa shape index (κ1) is 18.6. The van der Waals surface area contributed by atoms with E-state index >= 15 is 0 Å². The maximum Gasteiger partial charge on any atom is 0.119 e. The van der Waals surface area contributed by atoms with Gasteiger partial charge in [0.05, 0.1) is 0 Å². The van der Waals surface area contributed by atoms with Crippen molar-refractivity contribution < 1.29 is 4.74 Å². The Morgan fingerprint density at radius 2 is 1.43 bits per heavy atom. The summed E-state index contributed by atoms with van der Waals surface area (Å²) >= 11 is 0.